The minimum atomic E-state index is -0.471. The highest BCUT2D eigenvalue weighted by Crippen LogP contribution is 2.31. The van der Waals surface area contributed by atoms with E-state index in [0.29, 0.717) is 15.7 Å². The highest BCUT2D eigenvalue weighted by Gasteiger charge is 2.10. The minimum absolute atomic E-state index is 0.00473. The SMILES string of the molecule is Cc1c(Cl)ccc2sc(NC(=O)/C=C\c3ccc([N+](=O)[O-])cc3)nc12. The Kier molecular flexibility index (Phi) is 4.78. The third-order valence-electron chi connectivity index (χ3n) is 3.51. The number of fused-ring (bicyclic) bond motifs is 1. The first-order chi connectivity index (χ1) is 11.9. The molecule has 1 aromatic heterocycles. The van der Waals surface area contributed by atoms with E-state index < -0.39 is 4.92 Å². The molecule has 1 N–H and O–H groups in total. The molecule has 3 rings (SSSR count). The van der Waals surface area contributed by atoms with Gasteiger partial charge in [0.15, 0.2) is 5.13 Å². The molecule has 0 unspecified atom stereocenters. The molecule has 0 bridgehead atoms. The Hall–Kier alpha value is -2.77. The lowest BCUT2D eigenvalue weighted by atomic mass is 10.2. The molecule has 0 saturated carbocycles. The molecular formula is C17H12ClN3O3S. The van der Waals surface area contributed by atoms with Crippen LogP contribution in [-0.4, -0.2) is 15.8 Å². The molecule has 1 heterocycles. The van der Waals surface area contributed by atoms with E-state index in [0.717, 1.165) is 15.8 Å². The molecule has 126 valence electrons. The quantitative estimate of drug-likeness (QED) is 0.403. The van der Waals surface area contributed by atoms with Gasteiger partial charge in [0.1, 0.15) is 0 Å². The Morgan fingerprint density at radius 2 is 2.00 bits per heavy atom. The first kappa shape index (κ1) is 17.1. The van der Waals surface area contributed by atoms with Gasteiger partial charge in [-0.25, -0.2) is 4.98 Å². The van der Waals surface area contributed by atoms with Gasteiger partial charge in [0, 0.05) is 23.2 Å². The number of carbonyl (C=O) groups is 1. The number of hydrogen-bond acceptors (Lipinski definition) is 5. The molecule has 0 aliphatic carbocycles. The van der Waals surface area contributed by atoms with E-state index in [9.17, 15) is 14.9 Å². The van der Waals surface area contributed by atoms with Crippen molar-refractivity contribution in [2.24, 2.45) is 0 Å². The molecule has 25 heavy (non-hydrogen) atoms. The van der Waals surface area contributed by atoms with Crippen LogP contribution in [0.1, 0.15) is 11.1 Å². The van der Waals surface area contributed by atoms with Gasteiger partial charge in [0.25, 0.3) is 5.69 Å². The van der Waals surface area contributed by atoms with Gasteiger partial charge >= 0.3 is 0 Å². The lowest BCUT2D eigenvalue weighted by Crippen LogP contribution is -2.07. The zero-order valence-corrected chi connectivity index (χ0v) is 14.6. The second-order valence-electron chi connectivity index (χ2n) is 5.21. The summed E-state index contributed by atoms with van der Waals surface area (Å²) < 4.78 is 0.941. The summed E-state index contributed by atoms with van der Waals surface area (Å²) in [5.41, 5.74) is 2.34. The van der Waals surface area contributed by atoms with Crippen LogP contribution >= 0.6 is 22.9 Å². The first-order valence-corrected chi connectivity index (χ1v) is 8.42. The number of nitrogens with zero attached hydrogens (tertiary/aromatic N) is 2. The number of benzene rings is 2. The number of non-ortho nitro benzene ring substituents is 1. The molecule has 0 radical (unpaired) electrons. The third kappa shape index (κ3) is 3.84. The maximum atomic E-state index is 12.0. The Bertz CT molecular complexity index is 996. The van der Waals surface area contributed by atoms with Crippen molar-refractivity contribution in [1.82, 2.24) is 4.98 Å². The Labute approximate surface area is 151 Å². The van der Waals surface area contributed by atoms with E-state index in [4.69, 9.17) is 11.6 Å². The number of amides is 1. The van der Waals surface area contributed by atoms with Crippen LogP contribution in [0.3, 0.4) is 0 Å². The smallest absolute Gasteiger partial charge is 0.269 e. The molecule has 6 nitrogen and oxygen atoms in total. The molecule has 2 aromatic carbocycles. The van der Waals surface area contributed by atoms with E-state index in [-0.39, 0.29) is 11.6 Å². The highest BCUT2D eigenvalue weighted by molar-refractivity contribution is 7.22. The molecule has 8 heteroatoms. The number of anilines is 1. The fraction of sp³-hybridized carbons (Fsp3) is 0.0588. The fourth-order valence-corrected chi connectivity index (χ4v) is 3.26. The summed E-state index contributed by atoms with van der Waals surface area (Å²) in [5.74, 6) is -0.332. The van der Waals surface area contributed by atoms with Crippen molar-refractivity contribution in [1.29, 1.82) is 0 Å². The number of hydrogen-bond donors (Lipinski definition) is 1. The largest absolute Gasteiger partial charge is 0.298 e. The molecule has 0 spiro atoms. The zero-order valence-electron chi connectivity index (χ0n) is 13.0. The number of halogens is 1. The van der Waals surface area contributed by atoms with Crippen molar-refractivity contribution in [2.45, 2.75) is 6.92 Å². The van der Waals surface area contributed by atoms with Gasteiger partial charge in [-0.2, -0.15) is 0 Å². The van der Waals surface area contributed by atoms with E-state index >= 15 is 0 Å². The number of carbonyl (C=O) groups excluding carboxylic acids is 1. The Morgan fingerprint density at radius 3 is 2.68 bits per heavy atom. The lowest BCUT2D eigenvalue weighted by molar-refractivity contribution is -0.384. The van der Waals surface area contributed by atoms with Crippen LogP contribution in [0.25, 0.3) is 16.3 Å². The molecule has 0 saturated heterocycles. The number of thiazole rings is 1. The second-order valence-corrected chi connectivity index (χ2v) is 6.65. The summed E-state index contributed by atoms with van der Waals surface area (Å²) in [7, 11) is 0. The third-order valence-corrected chi connectivity index (χ3v) is 4.85. The van der Waals surface area contributed by atoms with Gasteiger partial charge in [-0.3, -0.25) is 20.2 Å². The van der Waals surface area contributed by atoms with E-state index in [2.05, 4.69) is 10.3 Å². The van der Waals surface area contributed by atoms with E-state index in [1.54, 1.807) is 24.3 Å². The van der Waals surface area contributed by atoms with Gasteiger partial charge in [-0.15, -0.1) is 0 Å². The summed E-state index contributed by atoms with van der Waals surface area (Å²) in [6, 6.07) is 9.59. The van der Waals surface area contributed by atoms with Gasteiger partial charge < -0.3 is 0 Å². The highest BCUT2D eigenvalue weighted by atomic mass is 35.5. The second kappa shape index (κ2) is 7.00. The topological polar surface area (TPSA) is 85.1 Å². The average Bonchev–Trinajstić information content (AvgIpc) is 3.00. The Morgan fingerprint density at radius 1 is 1.28 bits per heavy atom. The predicted molar refractivity (Wildman–Crippen MR) is 100 cm³/mol. The number of nitro benzene ring substituents is 1. The minimum Gasteiger partial charge on any atom is -0.298 e. The van der Waals surface area contributed by atoms with Gasteiger partial charge in [0.05, 0.1) is 15.1 Å². The van der Waals surface area contributed by atoms with Crippen molar-refractivity contribution in [2.75, 3.05) is 5.32 Å². The van der Waals surface area contributed by atoms with Crippen LogP contribution in [0.2, 0.25) is 5.02 Å². The number of aromatic nitrogens is 1. The predicted octanol–water partition coefficient (Wildman–Crippen LogP) is 4.82. The molecule has 0 aliphatic rings. The summed E-state index contributed by atoms with van der Waals surface area (Å²) in [5, 5.41) is 14.4. The molecule has 1 amide bonds. The maximum Gasteiger partial charge on any atom is 0.269 e. The molecule has 0 fully saturated rings. The van der Waals surface area contributed by atoms with E-state index in [1.807, 2.05) is 13.0 Å². The number of aryl methyl sites for hydroxylation is 1. The van der Waals surface area contributed by atoms with Crippen LogP contribution in [-0.2, 0) is 4.79 Å². The first-order valence-electron chi connectivity index (χ1n) is 7.23. The fourth-order valence-electron chi connectivity index (χ4n) is 2.18. The number of nitro groups is 1. The van der Waals surface area contributed by atoms with Crippen LogP contribution in [0.4, 0.5) is 10.8 Å². The molecule has 3 aromatic rings. The standard InChI is InChI=1S/C17H12ClN3O3S/c1-10-13(18)7-8-14-16(10)20-17(25-14)19-15(22)9-4-11-2-5-12(6-3-11)21(23)24/h2-9H,1H3,(H,19,20,22)/b9-4-. The van der Waals surface area contributed by atoms with Crippen LogP contribution in [0.5, 0.6) is 0 Å². The van der Waals surface area contributed by atoms with Crippen LogP contribution in [0.15, 0.2) is 42.5 Å². The molecule has 0 aliphatic heterocycles. The van der Waals surface area contributed by atoms with Crippen LogP contribution < -0.4 is 5.32 Å². The van der Waals surface area contributed by atoms with Crippen molar-refractivity contribution in [3.8, 4) is 0 Å². The van der Waals surface area contributed by atoms with Crippen molar-refractivity contribution in [3.63, 3.8) is 0 Å². The summed E-state index contributed by atoms with van der Waals surface area (Å²) >= 11 is 7.44. The maximum absolute atomic E-state index is 12.0. The van der Waals surface area contributed by atoms with Crippen LogP contribution in [0, 0.1) is 17.0 Å². The summed E-state index contributed by atoms with van der Waals surface area (Å²) in [4.78, 5) is 26.6. The average molecular weight is 374 g/mol. The lowest BCUT2D eigenvalue weighted by Gasteiger charge is -1.97. The van der Waals surface area contributed by atoms with Gasteiger partial charge in [-0.1, -0.05) is 22.9 Å². The number of rotatable bonds is 4. The summed E-state index contributed by atoms with van der Waals surface area (Å²) in [6.45, 7) is 1.88. The molecular weight excluding hydrogens is 362 g/mol. The van der Waals surface area contributed by atoms with Gasteiger partial charge in [-0.05, 0) is 48.4 Å². The molecule has 0 atom stereocenters. The Balaban J connectivity index is 1.72. The van der Waals surface area contributed by atoms with Crippen molar-refractivity contribution >= 4 is 56.0 Å². The van der Waals surface area contributed by atoms with E-state index in [1.165, 1.54) is 29.5 Å². The van der Waals surface area contributed by atoms with Crippen molar-refractivity contribution < 1.29 is 9.72 Å². The summed E-state index contributed by atoms with van der Waals surface area (Å²) in [6.07, 6.45) is 2.93. The van der Waals surface area contributed by atoms with Crippen molar-refractivity contribution in [3.05, 3.63) is 68.7 Å². The normalized spacial score (nSPS) is 11.1. The zero-order chi connectivity index (χ0) is 18.0. The van der Waals surface area contributed by atoms with Gasteiger partial charge in [0.2, 0.25) is 5.91 Å². The monoisotopic (exact) mass is 373 g/mol. The number of nitrogens with one attached hydrogen (secondary N) is 1.